The van der Waals surface area contributed by atoms with Crippen LogP contribution in [0.3, 0.4) is 0 Å². The Hall–Kier alpha value is -0.860. The molecule has 2 bridgehead atoms. The zero-order valence-electron chi connectivity index (χ0n) is 12.4. The molecule has 1 heterocycles. The SMILES string of the molecule is c1ccc(CN2CCN([C@H]3C[C@@H]4CC[C@H]3C4)CC2)cc1. The van der Waals surface area contributed by atoms with Crippen molar-refractivity contribution < 1.29 is 0 Å². The quantitative estimate of drug-likeness (QED) is 0.833. The highest BCUT2D eigenvalue weighted by Crippen LogP contribution is 2.46. The molecule has 0 N–H and O–H groups in total. The van der Waals surface area contributed by atoms with Gasteiger partial charge in [0.25, 0.3) is 0 Å². The molecule has 3 aliphatic rings. The van der Waals surface area contributed by atoms with Crippen LogP contribution in [-0.2, 0) is 6.54 Å². The summed E-state index contributed by atoms with van der Waals surface area (Å²) in [5, 5.41) is 0. The van der Waals surface area contributed by atoms with Crippen molar-refractivity contribution in [2.45, 2.75) is 38.3 Å². The van der Waals surface area contributed by atoms with E-state index in [-0.39, 0.29) is 0 Å². The maximum absolute atomic E-state index is 2.81. The minimum Gasteiger partial charge on any atom is -0.298 e. The van der Waals surface area contributed by atoms with Crippen LogP contribution in [0.1, 0.15) is 31.2 Å². The molecule has 1 aromatic carbocycles. The van der Waals surface area contributed by atoms with E-state index in [9.17, 15) is 0 Å². The van der Waals surface area contributed by atoms with Gasteiger partial charge in [0.1, 0.15) is 0 Å². The Morgan fingerprint density at radius 1 is 0.900 bits per heavy atom. The van der Waals surface area contributed by atoms with E-state index in [0.717, 1.165) is 24.4 Å². The van der Waals surface area contributed by atoms with Crippen molar-refractivity contribution in [2.75, 3.05) is 26.2 Å². The fraction of sp³-hybridized carbons (Fsp3) is 0.667. The normalized spacial score (nSPS) is 34.7. The molecule has 0 amide bonds. The molecule has 20 heavy (non-hydrogen) atoms. The zero-order chi connectivity index (χ0) is 13.4. The lowest BCUT2D eigenvalue weighted by atomic mass is 9.93. The van der Waals surface area contributed by atoms with Crippen LogP contribution in [0.25, 0.3) is 0 Å². The molecule has 1 aliphatic heterocycles. The van der Waals surface area contributed by atoms with E-state index < -0.39 is 0 Å². The van der Waals surface area contributed by atoms with Crippen LogP contribution in [0.5, 0.6) is 0 Å². The summed E-state index contributed by atoms with van der Waals surface area (Å²) in [5.74, 6) is 2.12. The summed E-state index contributed by atoms with van der Waals surface area (Å²) in [4.78, 5) is 5.43. The largest absolute Gasteiger partial charge is 0.298 e. The molecule has 1 aromatic rings. The first-order valence-corrected chi connectivity index (χ1v) is 8.39. The number of fused-ring (bicyclic) bond motifs is 2. The zero-order valence-corrected chi connectivity index (χ0v) is 12.4. The maximum atomic E-state index is 2.81. The first-order valence-electron chi connectivity index (χ1n) is 8.39. The van der Waals surface area contributed by atoms with Crippen LogP contribution < -0.4 is 0 Å². The Bertz CT molecular complexity index is 436. The summed E-state index contributed by atoms with van der Waals surface area (Å²) in [7, 11) is 0. The molecule has 3 fully saturated rings. The molecule has 3 atom stereocenters. The van der Waals surface area contributed by atoms with Crippen LogP contribution in [0.15, 0.2) is 30.3 Å². The predicted octanol–water partition coefficient (Wildman–Crippen LogP) is 2.99. The summed E-state index contributed by atoms with van der Waals surface area (Å²) >= 11 is 0. The van der Waals surface area contributed by atoms with Gasteiger partial charge in [-0.15, -0.1) is 0 Å². The number of hydrogen-bond donors (Lipinski definition) is 0. The summed E-state index contributed by atoms with van der Waals surface area (Å²) in [6, 6.07) is 11.9. The lowest BCUT2D eigenvalue weighted by molar-refractivity contribution is 0.0680. The van der Waals surface area contributed by atoms with E-state index in [1.165, 1.54) is 57.4 Å². The number of rotatable bonds is 3. The molecule has 2 nitrogen and oxygen atoms in total. The topological polar surface area (TPSA) is 6.48 Å². The van der Waals surface area contributed by atoms with Gasteiger partial charge >= 0.3 is 0 Å². The van der Waals surface area contributed by atoms with Crippen molar-refractivity contribution in [3.05, 3.63) is 35.9 Å². The van der Waals surface area contributed by atoms with E-state index in [1.54, 1.807) is 0 Å². The van der Waals surface area contributed by atoms with Gasteiger partial charge in [-0.3, -0.25) is 9.80 Å². The van der Waals surface area contributed by atoms with E-state index in [4.69, 9.17) is 0 Å². The van der Waals surface area contributed by atoms with Crippen molar-refractivity contribution in [1.29, 1.82) is 0 Å². The third kappa shape index (κ3) is 2.51. The van der Waals surface area contributed by atoms with Crippen molar-refractivity contribution in [2.24, 2.45) is 11.8 Å². The fourth-order valence-electron chi connectivity index (χ4n) is 4.75. The lowest BCUT2D eigenvalue weighted by Gasteiger charge is -2.41. The second-order valence-corrected chi connectivity index (χ2v) is 7.04. The van der Waals surface area contributed by atoms with E-state index in [0.29, 0.717) is 0 Å². The molecule has 0 unspecified atom stereocenters. The number of piperazine rings is 1. The third-order valence-electron chi connectivity index (χ3n) is 5.83. The van der Waals surface area contributed by atoms with Gasteiger partial charge in [0.2, 0.25) is 0 Å². The molecule has 0 radical (unpaired) electrons. The Morgan fingerprint density at radius 3 is 2.35 bits per heavy atom. The summed E-state index contributed by atoms with van der Waals surface area (Å²) in [6.07, 6.45) is 6.08. The van der Waals surface area contributed by atoms with Crippen molar-refractivity contribution in [3.8, 4) is 0 Å². The Labute approximate surface area is 122 Å². The molecule has 2 aliphatic carbocycles. The Kier molecular flexibility index (Phi) is 3.53. The van der Waals surface area contributed by atoms with Crippen LogP contribution in [0, 0.1) is 11.8 Å². The van der Waals surface area contributed by atoms with Gasteiger partial charge in [0, 0.05) is 38.8 Å². The van der Waals surface area contributed by atoms with Gasteiger partial charge in [0.15, 0.2) is 0 Å². The highest BCUT2D eigenvalue weighted by Gasteiger charge is 2.42. The molecule has 0 aromatic heterocycles. The minimum atomic E-state index is 0.938. The Morgan fingerprint density at radius 2 is 1.70 bits per heavy atom. The molecular formula is C18H26N2. The summed E-state index contributed by atoms with van der Waals surface area (Å²) in [6.45, 7) is 6.22. The molecule has 108 valence electrons. The third-order valence-corrected chi connectivity index (χ3v) is 5.83. The first-order chi connectivity index (χ1) is 9.88. The smallest absolute Gasteiger partial charge is 0.0234 e. The first kappa shape index (κ1) is 12.8. The van der Waals surface area contributed by atoms with E-state index >= 15 is 0 Å². The number of hydrogen-bond acceptors (Lipinski definition) is 2. The molecule has 2 heteroatoms. The van der Waals surface area contributed by atoms with Gasteiger partial charge < -0.3 is 0 Å². The average Bonchev–Trinajstić information content (AvgIpc) is 3.12. The highest BCUT2D eigenvalue weighted by molar-refractivity contribution is 5.14. The van der Waals surface area contributed by atoms with Gasteiger partial charge in [-0.2, -0.15) is 0 Å². The van der Waals surface area contributed by atoms with Gasteiger partial charge in [-0.05, 0) is 36.7 Å². The second kappa shape index (κ2) is 5.50. The fourth-order valence-corrected chi connectivity index (χ4v) is 4.75. The number of nitrogens with zero attached hydrogens (tertiary/aromatic N) is 2. The van der Waals surface area contributed by atoms with E-state index in [2.05, 4.69) is 40.1 Å². The standard InChI is InChI=1S/C18H26N2/c1-2-4-15(5-3-1)14-19-8-10-20(11-9-19)18-13-16-6-7-17(18)12-16/h1-5,16-18H,6-14H2/t16-,17+,18+/m1/s1. The van der Waals surface area contributed by atoms with Gasteiger partial charge in [0.05, 0.1) is 0 Å². The van der Waals surface area contributed by atoms with Gasteiger partial charge in [-0.1, -0.05) is 36.8 Å². The van der Waals surface area contributed by atoms with E-state index in [1.807, 2.05) is 0 Å². The van der Waals surface area contributed by atoms with Crippen LogP contribution in [-0.4, -0.2) is 42.0 Å². The summed E-state index contributed by atoms with van der Waals surface area (Å²) < 4.78 is 0. The van der Waals surface area contributed by atoms with Crippen LogP contribution >= 0.6 is 0 Å². The molecule has 2 saturated carbocycles. The number of benzene rings is 1. The minimum absolute atomic E-state index is 0.938. The molecule has 4 rings (SSSR count). The predicted molar refractivity (Wildman–Crippen MR) is 82.5 cm³/mol. The van der Waals surface area contributed by atoms with Crippen LogP contribution in [0.2, 0.25) is 0 Å². The molecule has 0 spiro atoms. The van der Waals surface area contributed by atoms with Crippen molar-refractivity contribution in [3.63, 3.8) is 0 Å². The van der Waals surface area contributed by atoms with Gasteiger partial charge in [-0.25, -0.2) is 0 Å². The van der Waals surface area contributed by atoms with Crippen molar-refractivity contribution in [1.82, 2.24) is 9.80 Å². The summed E-state index contributed by atoms with van der Waals surface area (Å²) in [5.41, 5.74) is 1.46. The maximum Gasteiger partial charge on any atom is 0.0234 e. The lowest BCUT2D eigenvalue weighted by Crippen LogP contribution is -2.51. The van der Waals surface area contributed by atoms with Crippen molar-refractivity contribution >= 4 is 0 Å². The second-order valence-electron chi connectivity index (χ2n) is 7.04. The Balaban J connectivity index is 1.30. The monoisotopic (exact) mass is 270 g/mol. The molecule has 1 saturated heterocycles. The highest BCUT2D eigenvalue weighted by atomic mass is 15.3. The van der Waals surface area contributed by atoms with Crippen LogP contribution in [0.4, 0.5) is 0 Å². The average molecular weight is 270 g/mol. The molecular weight excluding hydrogens is 244 g/mol.